The molecule has 1 aliphatic rings. The van der Waals surface area contributed by atoms with Crippen molar-refractivity contribution in [3.8, 4) is 0 Å². The van der Waals surface area contributed by atoms with Crippen molar-refractivity contribution in [2.24, 2.45) is 11.7 Å². The van der Waals surface area contributed by atoms with Crippen LogP contribution >= 0.6 is 0 Å². The van der Waals surface area contributed by atoms with Gasteiger partial charge in [-0.25, -0.2) is 0 Å². The van der Waals surface area contributed by atoms with Crippen LogP contribution in [0, 0.1) is 5.92 Å². The van der Waals surface area contributed by atoms with Crippen LogP contribution in [-0.4, -0.2) is 18.6 Å². The molecule has 0 aromatic carbocycles. The van der Waals surface area contributed by atoms with Crippen molar-refractivity contribution in [1.82, 2.24) is 4.98 Å². The lowest BCUT2D eigenvalue weighted by atomic mass is 10.2. The van der Waals surface area contributed by atoms with E-state index in [4.69, 9.17) is 5.73 Å². The zero-order valence-corrected chi connectivity index (χ0v) is 9.48. The first-order valence-corrected chi connectivity index (χ1v) is 5.59. The molecule has 3 nitrogen and oxygen atoms in total. The third-order valence-electron chi connectivity index (χ3n) is 2.91. The van der Waals surface area contributed by atoms with Gasteiger partial charge in [-0.3, -0.25) is 4.98 Å². The van der Waals surface area contributed by atoms with Gasteiger partial charge in [-0.2, -0.15) is 0 Å². The van der Waals surface area contributed by atoms with Gasteiger partial charge in [-0.05, 0) is 37.8 Å². The second kappa shape index (κ2) is 4.19. The molecule has 0 spiro atoms. The lowest BCUT2D eigenvalue weighted by molar-refractivity contribution is 0.767. The van der Waals surface area contributed by atoms with Crippen LogP contribution in [-0.2, 0) is 0 Å². The van der Waals surface area contributed by atoms with Crippen molar-refractivity contribution in [3.05, 3.63) is 24.0 Å². The normalized spacial score (nSPS) is 17.5. The summed E-state index contributed by atoms with van der Waals surface area (Å²) in [6, 6.07) is 4.14. The van der Waals surface area contributed by atoms with E-state index in [0.717, 1.165) is 18.2 Å². The maximum Gasteiger partial charge on any atom is 0.0569 e. The molecule has 3 heteroatoms. The van der Waals surface area contributed by atoms with Gasteiger partial charge in [0.25, 0.3) is 0 Å². The third-order valence-corrected chi connectivity index (χ3v) is 2.91. The first-order chi connectivity index (χ1) is 7.16. The van der Waals surface area contributed by atoms with E-state index in [2.05, 4.69) is 23.0 Å². The monoisotopic (exact) mass is 205 g/mol. The van der Waals surface area contributed by atoms with E-state index >= 15 is 0 Å². The molecule has 15 heavy (non-hydrogen) atoms. The van der Waals surface area contributed by atoms with Gasteiger partial charge in [0.2, 0.25) is 0 Å². The molecule has 0 amide bonds. The van der Waals surface area contributed by atoms with Gasteiger partial charge in [0, 0.05) is 19.6 Å². The Labute approximate surface area is 91.3 Å². The largest absolute Gasteiger partial charge is 0.373 e. The first-order valence-electron chi connectivity index (χ1n) is 5.59. The zero-order chi connectivity index (χ0) is 10.8. The van der Waals surface area contributed by atoms with Crippen LogP contribution in [0.3, 0.4) is 0 Å². The van der Waals surface area contributed by atoms with E-state index in [1.807, 2.05) is 19.2 Å². The lowest BCUT2D eigenvalue weighted by Gasteiger charge is -2.19. The van der Waals surface area contributed by atoms with E-state index in [-0.39, 0.29) is 6.04 Å². The molecule has 0 aliphatic heterocycles. The molecule has 0 bridgehead atoms. The molecule has 2 N–H and O–H groups in total. The SMILES string of the molecule is C[C@H](N)c1ccc(N(C)CC2CC2)cn1. The number of nitrogens with zero attached hydrogens (tertiary/aromatic N) is 2. The second-order valence-corrected chi connectivity index (χ2v) is 4.55. The highest BCUT2D eigenvalue weighted by Crippen LogP contribution is 2.30. The van der Waals surface area contributed by atoms with E-state index in [1.54, 1.807) is 0 Å². The summed E-state index contributed by atoms with van der Waals surface area (Å²) in [5.74, 6) is 0.906. The highest BCUT2D eigenvalue weighted by Gasteiger charge is 2.22. The second-order valence-electron chi connectivity index (χ2n) is 4.55. The minimum Gasteiger partial charge on any atom is -0.373 e. The van der Waals surface area contributed by atoms with Crippen LogP contribution in [0.25, 0.3) is 0 Å². The average Bonchev–Trinajstić information content (AvgIpc) is 3.02. The zero-order valence-electron chi connectivity index (χ0n) is 9.48. The summed E-state index contributed by atoms with van der Waals surface area (Å²) in [6.07, 6.45) is 4.69. The number of rotatable bonds is 4. The Morgan fingerprint density at radius 3 is 2.73 bits per heavy atom. The Morgan fingerprint density at radius 1 is 1.53 bits per heavy atom. The molecule has 0 unspecified atom stereocenters. The first kappa shape index (κ1) is 10.4. The maximum absolute atomic E-state index is 5.75. The van der Waals surface area contributed by atoms with Crippen molar-refractivity contribution >= 4 is 5.69 Å². The molecule has 1 aromatic heterocycles. The van der Waals surface area contributed by atoms with Gasteiger partial charge in [0.05, 0.1) is 17.6 Å². The Balaban J connectivity index is 2.01. The number of hydrogen-bond donors (Lipinski definition) is 1. The Kier molecular flexibility index (Phi) is 2.91. The van der Waals surface area contributed by atoms with E-state index < -0.39 is 0 Å². The highest BCUT2D eigenvalue weighted by molar-refractivity contribution is 5.44. The van der Waals surface area contributed by atoms with Crippen LogP contribution in [0.15, 0.2) is 18.3 Å². The molecule has 82 valence electrons. The lowest BCUT2D eigenvalue weighted by Crippen LogP contribution is -2.20. The summed E-state index contributed by atoms with van der Waals surface area (Å²) in [7, 11) is 2.13. The minimum absolute atomic E-state index is 0.0211. The van der Waals surface area contributed by atoms with Crippen molar-refractivity contribution in [1.29, 1.82) is 0 Å². The molecule has 0 radical (unpaired) electrons. The molecular weight excluding hydrogens is 186 g/mol. The molecule has 1 saturated carbocycles. The van der Waals surface area contributed by atoms with Gasteiger partial charge >= 0.3 is 0 Å². The maximum atomic E-state index is 5.75. The van der Waals surface area contributed by atoms with Gasteiger partial charge in [0.15, 0.2) is 0 Å². The Hall–Kier alpha value is -1.09. The average molecular weight is 205 g/mol. The number of nitrogens with two attached hydrogens (primary N) is 1. The third kappa shape index (κ3) is 2.69. The predicted molar refractivity (Wildman–Crippen MR) is 62.8 cm³/mol. The van der Waals surface area contributed by atoms with Gasteiger partial charge in [-0.1, -0.05) is 0 Å². The van der Waals surface area contributed by atoms with Crippen LogP contribution in [0.5, 0.6) is 0 Å². The van der Waals surface area contributed by atoms with E-state index in [9.17, 15) is 0 Å². The summed E-state index contributed by atoms with van der Waals surface area (Å²) < 4.78 is 0. The van der Waals surface area contributed by atoms with Crippen LogP contribution in [0.2, 0.25) is 0 Å². The van der Waals surface area contributed by atoms with E-state index in [1.165, 1.54) is 18.5 Å². The molecule has 1 atom stereocenters. The smallest absolute Gasteiger partial charge is 0.0569 e. The molecule has 2 rings (SSSR count). The van der Waals surface area contributed by atoms with Crippen LogP contribution in [0.4, 0.5) is 5.69 Å². The van der Waals surface area contributed by atoms with E-state index in [0.29, 0.717) is 0 Å². The summed E-state index contributed by atoms with van der Waals surface area (Å²) in [4.78, 5) is 6.63. The number of anilines is 1. The number of aromatic nitrogens is 1. The van der Waals surface area contributed by atoms with Gasteiger partial charge < -0.3 is 10.6 Å². The van der Waals surface area contributed by atoms with Gasteiger partial charge in [-0.15, -0.1) is 0 Å². The standard InChI is InChI=1S/C12H19N3/c1-9(13)12-6-5-11(7-14-12)15(2)8-10-3-4-10/h5-7,9-10H,3-4,8,13H2,1-2H3/t9-/m0/s1. The minimum atomic E-state index is 0.0211. The summed E-state index contributed by atoms with van der Waals surface area (Å²) >= 11 is 0. The van der Waals surface area contributed by atoms with Crippen molar-refractivity contribution < 1.29 is 0 Å². The van der Waals surface area contributed by atoms with Crippen LogP contribution in [0.1, 0.15) is 31.5 Å². The van der Waals surface area contributed by atoms with Gasteiger partial charge in [0.1, 0.15) is 0 Å². The Morgan fingerprint density at radius 2 is 2.27 bits per heavy atom. The summed E-state index contributed by atoms with van der Waals surface area (Å²) in [6.45, 7) is 3.11. The predicted octanol–water partition coefficient (Wildman–Crippen LogP) is 1.95. The Bertz CT molecular complexity index is 314. The summed E-state index contributed by atoms with van der Waals surface area (Å²) in [5, 5.41) is 0. The fourth-order valence-corrected chi connectivity index (χ4v) is 1.69. The quantitative estimate of drug-likeness (QED) is 0.817. The number of hydrogen-bond acceptors (Lipinski definition) is 3. The fourth-order valence-electron chi connectivity index (χ4n) is 1.69. The highest BCUT2D eigenvalue weighted by atomic mass is 15.1. The number of pyridine rings is 1. The molecular formula is C12H19N3. The molecule has 1 aliphatic carbocycles. The molecule has 1 heterocycles. The van der Waals surface area contributed by atoms with Crippen molar-refractivity contribution in [2.45, 2.75) is 25.8 Å². The van der Waals surface area contributed by atoms with Crippen molar-refractivity contribution in [3.63, 3.8) is 0 Å². The summed E-state index contributed by atoms with van der Waals surface area (Å²) in [5.41, 5.74) is 7.90. The van der Waals surface area contributed by atoms with Crippen LogP contribution < -0.4 is 10.6 Å². The topological polar surface area (TPSA) is 42.1 Å². The fraction of sp³-hybridized carbons (Fsp3) is 0.583. The molecule has 1 fully saturated rings. The molecule has 0 saturated heterocycles. The van der Waals surface area contributed by atoms with Crippen molar-refractivity contribution in [2.75, 3.05) is 18.5 Å². The molecule has 1 aromatic rings.